The SMILES string of the molecule is O=C(Nc1ccnn1C1CCCC1)N1CCCCCCC1. The molecular weight excluding hydrogens is 264 g/mol. The predicted molar refractivity (Wildman–Crippen MR) is 83.4 cm³/mol. The molecule has 1 aromatic heterocycles. The van der Waals surface area contributed by atoms with Crippen molar-refractivity contribution in [1.82, 2.24) is 14.7 Å². The van der Waals surface area contributed by atoms with E-state index < -0.39 is 0 Å². The number of rotatable bonds is 2. The number of carbonyl (C=O) groups excluding carboxylic acids is 1. The summed E-state index contributed by atoms with van der Waals surface area (Å²) in [6.07, 6.45) is 12.7. The highest BCUT2D eigenvalue weighted by atomic mass is 16.2. The molecule has 0 atom stereocenters. The van der Waals surface area contributed by atoms with E-state index in [9.17, 15) is 4.79 Å². The molecule has 0 aromatic carbocycles. The Hall–Kier alpha value is -1.52. The van der Waals surface area contributed by atoms with Crippen LogP contribution in [0.4, 0.5) is 10.6 Å². The van der Waals surface area contributed by atoms with Crippen molar-refractivity contribution in [2.75, 3.05) is 18.4 Å². The van der Waals surface area contributed by atoms with Crippen LogP contribution in [0, 0.1) is 0 Å². The van der Waals surface area contributed by atoms with Crippen LogP contribution in [-0.4, -0.2) is 33.8 Å². The fraction of sp³-hybridized carbons (Fsp3) is 0.750. The van der Waals surface area contributed by atoms with E-state index in [0.29, 0.717) is 6.04 Å². The van der Waals surface area contributed by atoms with Gasteiger partial charge in [0, 0.05) is 19.2 Å². The number of hydrogen-bond donors (Lipinski definition) is 1. The number of hydrogen-bond acceptors (Lipinski definition) is 2. The van der Waals surface area contributed by atoms with Crippen LogP contribution in [0.25, 0.3) is 0 Å². The lowest BCUT2D eigenvalue weighted by Crippen LogP contribution is -2.37. The summed E-state index contributed by atoms with van der Waals surface area (Å²) in [6, 6.07) is 2.42. The van der Waals surface area contributed by atoms with Crippen LogP contribution < -0.4 is 5.32 Å². The Balaban J connectivity index is 1.62. The quantitative estimate of drug-likeness (QED) is 0.900. The first-order valence-electron chi connectivity index (χ1n) is 8.44. The van der Waals surface area contributed by atoms with Gasteiger partial charge in [0.1, 0.15) is 5.82 Å². The number of urea groups is 1. The van der Waals surface area contributed by atoms with Gasteiger partial charge in [0.05, 0.1) is 12.2 Å². The van der Waals surface area contributed by atoms with Crippen LogP contribution in [0.15, 0.2) is 12.3 Å². The zero-order chi connectivity index (χ0) is 14.5. The number of nitrogens with one attached hydrogen (secondary N) is 1. The average molecular weight is 290 g/mol. The smallest absolute Gasteiger partial charge is 0.322 e. The molecule has 2 heterocycles. The number of anilines is 1. The molecule has 1 aromatic rings. The molecule has 1 aliphatic heterocycles. The molecule has 1 saturated carbocycles. The lowest BCUT2D eigenvalue weighted by atomic mass is 10.1. The molecule has 1 aliphatic carbocycles. The average Bonchev–Trinajstić information content (AvgIpc) is 3.08. The summed E-state index contributed by atoms with van der Waals surface area (Å²) < 4.78 is 2.01. The molecule has 0 bridgehead atoms. The Bertz CT molecular complexity index is 457. The molecule has 5 nitrogen and oxygen atoms in total. The number of amides is 2. The number of aromatic nitrogens is 2. The molecule has 0 radical (unpaired) electrons. The third-order valence-electron chi connectivity index (χ3n) is 4.72. The van der Waals surface area contributed by atoms with Crippen molar-refractivity contribution in [3.63, 3.8) is 0 Å². The van der Waals surface area contributed by atoms with Gasteiger partial charge in [-0.15, -0.1) is 0 Å². The summed E-state index contributed by atoms with van der Waals surface area (Å²) in [6.45, 7) is 1.76. The van der Waals surface area contributed by atoms with E-state index >= 15 is 0 Å². The monoisotopic (exact) mass is 290 g/mol. The van der Waals surface area contributed by atoms with E-state index in [1.54, 1.807) is 6.20 Å². The first kappa shape index (κ1) is 14.4. The molecule has 0 unspecified atom stereocenters. The molecule has 2 aliphatic rings. The van der Waals surface area contributed by atoms with Crippen molar-refractivity contribution in [3.05, 3.63) is 12.3 Å². The fourth-order valence-electron chi connectivity index (χ4n) is 3.49. The van der Waals surface area contributed by atoms with E-state index in [-0.39, 0.29) is 6.03 Å². The number of nitrogens with zero attached hydrogens (tertiary/aromatic N) is 3. The predicted octanol–water partition coefficient (Wildman–Crippen LogP) is 3.80. The highest BCUT2D eigenvalue weighted by Gasteiger charge is 2.22. The zero-order valence-electron chi connectivity index (χ0n) is 12.8. The zero-order valence-corrected chi connectivity index (χ0v) is 12.8. The second-order valence-corrected chi connectivity index (χ2v) is 6.28. The number of likely N-dealkylation sites (tertiary alicyclic amines) is 1. The van der Waals surface area contributed by atoms with Gasteiger partial charge in [0.15, 0.2) is 0 Å². The van der Waals surface area contributed by atoms with E-state index in [2.05, 4.69) is 10.4 Å². The van der Waals surface area contributed by atoms with Gasteiger partial charge in [0.2, 0.25) is 0 Å². The maximum atomic E-state index is 12.5. The minimum absolute atomic E-state index is 0.0386. The van der Waals surface area contributed by atoms with Crippen molar-refractivity contribution >= 4 is 11.8 Å². The first-order valence-corrected chi connectivity index (χ1v) is 8.44. The van der Waals surface area contributed by atoms with Crippen LogP contribution in [0.5, 0.6) is 0 Å². The topological polar surface area (TPSA) is 50.2 Å². The van der Waals surface area contributed by atoms with E-state index in [1.807, 2.05) is 15.6 Å². The van der Waals surface area contributed by atoms with Crippen molar-refractivity contribution in [2.45, 2.75) is 63.8 Å². The van der Waals surface area contributed by atoms with Gasteiger partial charge >= 0.3 is 6.03 Å². The molecule has 116 valence electrons. The van der Waals surface area contributed by atoms with Crippen LogP contribution >= 0.6 is 0 Å². The van der Waals surface area contributed by atoms with Gasteiger partial charge in [-0.05, 0) is 25.7 Å². The minimum atomic E-state index is 0.0386. The van der Waals surface area contributed by atoms with Crippen molar-refractivity contribution in [2.24, 2.45) is 0 Å². The molecule has 1 N–H and O–H groups in total. The number of carbonyl (C=O) groups is 1. The second kappa shape index (κ2) is 6.96. The lowest BCUT2D eigenvalue weighted by Gasteiger charge is -2.25. The third-order valence-corrected chi connectivity index (χ3v) is 4.72. The van der Waals surface area contributed by atoms with Gasteiger partial charge in [-0.2, -0.15) is 5.10 Å². The highest BCUT2D eigenvalue weighted by Crippen LogP contribution is 2.31. The maximum absolute atomic E-state index is 12.5. The van der Waals surface area contributed by atoms with Gasteiger partial charge in [-0.3, -0.25) is 5.32 Å². The summed E-state index contributed by atoms with van der Waals surface area (Å²) in [7, 11) is 0. The molecule has 5 heteroatoms. The highest BCUT2D eigenvalue weighted by molar-refractivity contribution is 5.88. The van der Waals surface area contributed by atoms with Crippen LogP contribution in [0.3, 0.4) is 0 Å². The van der Waals surface area contributed by atoms with Crippen molar-refractivity contribution in [1.29, 1.82) is 0 Å². The summed E-state index contributed by atoms with van der Waals surface area (Å²) in [4.78, 5) is 14.4. The summed E-state index contributed by atoms with van der Waals surface area (Å²) in [5.74, 6) is 0.856. The van der Waals surface area contributed by atoms with Gasteiger partial charge in [0.25, 0.3) is 0 Å². The molecule has 21 heavy (non-hydrogen) atoms. The fourth-order valence-corrected chi connectivity index (χ4v) is 3.49. The van der Waals surface area contributed by atoms with Gasteiger partial charge in [-0.1, -0.05) is 32.1 Å². The van der Waals surface area contributed by atoms with E-state index in [4.69, 9.17) is 0 Å². The van der Waals surface area contributed by atoms with Gasteiger partial charge in [-0.25, -0.2) is 9.48 Å². The van der Waals surface area contributed by atoms with Gasteiger partial charge < -0.3 is 4.90 Å². The Morgan fingerprint density at radius 1 is 1.05 bits per heavy atom. The summed E-state index contributed by atoms with van der Waals surface area (Å²) in [5.41, 5.74) is 0. The Kier molecular flexibility index (Phi) is 4.78. The largest absolute Gasteiger partial charge is 0.325 e. The lowest BCUT2D eigenvalue weighted by molar-refractivity contribution is 0.205. The first-order chi connectivity index (χ1) is 10.3. The minimum Gasteiger partial charge on any atom is -0.325 e. The van der Waals surface area contributed by atoms with Crippen LogP contribution in [0.2, 0.25) is 0 Å². The van der Waals surface area contributed by atoms with Crippen LogP contribution in [-0.2, 0) is 0 Å². The van der Waals surface area contributed by atoms with Crippen molar-refractivity contribution in [3.8, 4) is 0 Å². The molecule has 2 amide bonds. The van der Waals surface area contributed by atoms with Crippen molar-refractivity contribution < 1.29 is 4.79 Å². The van der Waals surface area contributed by atoms with Crippen LogP contribution in [0.1, 0.15) is 63.8 Å². The second-order valence-electron chi connectivity index (χ2n) is 6.28. The molecule has 3 rings (SSSR count). The third kappa shape index (κ3) is 3.57. The molecule has 0 spiro atoms. The Labute approximate surface area is 126 Å². The maximum Gasteiger partial charge on any atom is 0.322 e. The Morgan fingerprint density at radius 2 is 1.71 bits per heavy atom. The Morgan fingerprint density at radius 3 is 2.43 bits per heavy atom. The normalized spacial score (nSPS) is 21.0. The molecular formula is C16H26N4O. The van der Waals surface area contributed by atoms with E-state index in [1.165, 1.54) is 44.9 Å². The standard InChI is InChI=1S/C16H26N4O/c21-16(19-12-6-2-1-3-7-13-19)18-15-10-11-17-20(15)14-8-4-5-9-14/h10-11,14H,1-9,12-13H2,(H,18,21). The molecule has 2 fully saturated rings. The summed E-state index contributed by atoms with van der Waals surface area (Å²) >= 11 is 0. The summed E-state index contributed by atoms with van der Waals surface area (Å²) in [5, 5.41) is 7.49. The molecule has 1 saturated heterocycles. The van der Waals surface area contributed by atoms with E-state index in [0.717, 1.165) is 31.7 Å².